The number of benzene rings is 1. The van der Waals surface area contributed by atoms with Gasteiger partial charge in [-0.05, 0) is 43.5 Å². The van der Waals surface area contributed by atoms with Crippen LogP contribution < -0.4 is 10.1 Å². The molecule has 1 atom stereocenters. The van der Waals surface area contributed by atoms with Crippen molar-refractivity contribution < 1.29 is 4.74 Å². The molecule has 0 aromatic heterocycles. The largest absolute Gasteiger partial charge is 0.496 e. The van der Waals surface area contributed by atoms with Crippen molar-refractivity contribution in [2.24, 2.45) is 0 Å². The Balaban J connectivity index is 2.74. The van der Waals surface area contributed by atoms with Crippen molar-refractivity contribution in [1.82, 2.24) is 5.32 Å². The Morgan fingerprint density at radius 1 is 1.16 bits per heavy atom. The van der Waals surface area contributed by atoms with E-state index < -0.39 is 0 Å². The first-order chi connectivity index (χ1) is 9.22. The molecule has 1 unspecified atom stereocenters. The third kappa shape index (κ3) is 5.23. The van der Waals surface area contributed by atoms with Crippen LogP contribution in [-0.4, -0.2) is 13.7 Å². The predicted molar refractivity (Wildman–Crippen MR) is 82.9 cm³/mol. The Morgan fingerprint density at radius 3 is 2.53 bits per heavy atom. The third-order valence-corrected chi connectivity index (χ3v) is 3.56. The number of rotatable bonds is 9. The van der Waals surface area contributed by atoms with E-state index in [1.165, 1.54) is 43.2 Å². The van der Waals surface area contributed by atoms with Crippen LogP contribution in [0.1, 0.15) is 63.1 Å². The van der Waals surface area contributed by atoms with E-state index in [1.807, 2.05) is 0 Å². The second-order valence-corrected chi connectivity index (χ2v) is 5.23. The molecule has 0 spiro atoms. The standard InChI is InChI=1S/C17H29NO/c1-5-7-8-9-16(18-12-6-2)15-10-11-17(19-4)14(3)13-15/h10-11,13,16,18H,5-9,12H2,1-4H3. The van der Waals surface area contributed by atoms with E-state index in [0.29, 0.717) is 6.04 Å². The number of hydrogen-bond donors (Lipinski definition) is 1. The van der Waals surface area contributed by atoms with Gasteiger partial charge in [-0.25, -0.2) is 0 Å². The monoisotopic (exact) mass is 263 g/mol. The predicted octanol–water partition coefficient (Wildman–Crippen LogP) is 4.62. The summed E-state index contributed by atoms with van der Waals surface area (Å²) in [6, 6.07) is 7.03. The molecular formula is C17H29NO. The quantitative estimate of drug-likeness (QED) is 0.656. The van der Waals surface area contributed by atoms with E-state index in [2.05, 4.69) is 44.3 Å². The van der Waals surface area contributed by atoms with Crippen LogP contribution in [0.5, 0.6) is 5.75 Å². The number of methoxy groups -OCH3 is 1. The first-order valence-corrected chi connectivity index (χ1v) is 7.60. The average Bonchev–Trinajstić information content (AvgIpc) is 2.42. The lowest BCUT2D eigenvalue weighted by molar-refractivity contribution is 0.410. The maximum absolute atomic E-state index is 5.34. The number of nitrogens with one attached hydrogen (secondary N) is 1. The van der Waals surface area contributed by atoms with E-state index in [1.54, 1.807) is 7.11 Å². The summed E-state index contributed by atoms with van der Waals surface area (Å²) in [4.78, 5) is 0. The molecule has 0 aliphatic heterocycles. The number of ether oxygens (including phenoxy) is 1. The van der Waals surface area contributed by atoms with Crippen LogP contribution in [0, 0.1) is 6.92 Å². The van der Waals surface area contributed by atoms with Gasteiger partial charge in [0.1, 0.15) is 5.75 Å². The molecular weight excluding hydrogens is 234 g/mol. The van der Waals surface area contributed by atoms with Gasteiger partial charge < -0.3 is 10.1 Å². The lowest BCUT2D eigenvalue weighted by Crippen LogP contribution is -2.22. The maximum atomic E-state index is 5.34. The molecule has 0 radical (unpaired) electrons. The normalized spacial score (nSPS) is 12.4. The third-order valence-electron chi connectivity index (χ3n) is 3.56. The summed E-state index contributed by atoms with van der Waals surface area (Å²) in [7, 11) is 1.73. The summed E-state index contributed by atoms with van der Waals surface area (Å²) in [6.07, 6.45) is 6.30. The molecule has 108 valence electrons. The summed E-state index contributed by atoms with van der Waals surface area (Å²) in [5.74, 6) is 0.978. The molecule has 0 heterocycles. The van der Waals surface area contributed by atoms with Crippen LogP contribution in [0.3, 0.4) is 0 Å². The van der Waals surface area contributed by atoms with Crippen molar-refractivity contribution in [2.75, 3.05) is 13.7 Å². The smallest absolute Gasteiger partial charge is 0.121 e. The van der Waals surface area contributed by atoms with Crippen molar-refractivity contribution in [2.45, 2.75) is 58.9 Å². The zero-order valence-electron chi connectivity index (χ0n) is 13.0. The fourth-order valence-electron chi connectivity index (χ4n) is 2.42. The topological polar surface area (TPSA) is 21.3 Å². The zero-order chi connectivity index (χ0) is 14.1. The molecule has 0 bridgehead atoms. The fourth-order valence-corrected chi connectivity index (χ4v) is 2.42. The molecule has 0 aliphatic rings. The van der Waals surface area contributed by atoms with E-state index in [9.17, 15) is 0 Å². The molecule has 0 aliphatic carbocycles. The highest BCUT2D eigenvalue weighted by molar-refractivity contribution is 5.37. The van der Waals surface area contributed by atoms with Gasteiger partial charge in [0.05, 0.1) is 7.11 Å². The van der Waals surface area contributed by atoms with E-state index in [4.69, 9.17) is 4.74 Å². The molecule has 1 aromatic carbocycles. The van der Waals surface area contributed by atoms with Crippen molar-refractivity contribution in [3.8, 4) is 5.75 Å². The Labute approximate surface area is 118 Å². The summed E-state index contributed by atoms with van der Waals surface area (Å²) in [5.41, 5.74) is 2.61. The summed E-state index contributed by atoms with van der Waals surface area (Å²) < 4.78 is 5.34. The Morgan fingerprint density at radius 2 is 1.95 bits per heavy atom. The fraction of sp³-hybridized carbons (Fsp3) is 0.647. The van der Waals surface area contributed by atoms with E-state index >= 15 is 0 Å². The summed E-state index contributed by atoms with van der Waals surface area (Å²) in [5, 5.41) is 3.67. The molecule has 19 heavy (non-hydrogen) atoms. The van der Waals surface area contributed by atoms with Crippen molar-refractivity contribution in [3.05, 3.63) is 29.3 Å². The summed E-state index contributed by atoms with van der Waals surface area (Å²) >= 11 is 0. The van der Waals surface area contributed by atoms with Gasteiger partial charge in [-0.2, -0.15) is 0 Å². The molecule has 0 fully saturated rings. The minimum absolute atomic E-state index is 0.483. The van der Waals surface area contributed by atoms with Crippen LogP contribution in [0.15, 0.2) is 18.2 Å². The van der Waals surface area contributed by atoms with Crippen molar-refractivity contribution >= 4 is 0 Å². The maximum Gasteiger partial charge on any atom is 0.121 e. The molecule has 0 saturated heterocycles. The SMILES string of the molecule is CCCCCC(NCCC)c1ccc(OC)c(C)c1. The highest BCUT2D eigenvalue weighted by Crippen LogP contribution is 2.25. The Kier molecular flexibility index (Phi) is 7.57. The molecule has 1 aromatic rings. The van der Waals surface area contributed by atoms with Crippen LogP contribution in [0.4, 0.5) is 0 Å². The van der Waals surface area contributed by atoms with Gasteiger partial charge in [-0.15, -0.1) is 0 Å². The average molecular weight is 263 g/mol. The van der Waals surface area contributed by atoms with E-state index in [0.717, 1.165) is 12.3 Å². The second-order valence-electron chi connectivity index (χ2n) is 5.23. The minimum atomic E-state index is 0.483. The lowest BCUT2D eigenvalue weighted by Gasteiger charge is -2.20. The first-order valence-electron chi connectivity index (χ1n) is 7.60. The van der Waals surface area contributed by atoms with Crippen LogP contribution in [0.25, 0.3) is 0 Å². The van der Waals surface area contributed by atoms with Gasteiger partial charge >= 0.3 is 0 Å². The van der Waals surface area contributed by atoms with Crippen LogP contribution >= 0.6 is 0 Å². The van der Waals surface area contributed by atoms with Gasteiger partial charge in [0.2, 0.25) is 0 Å². The second kappa shape index (κ2) is 8.98. The van der Waals surface area contributed by atoms with Crippen molar-refractivity contribution in [3.63, 3.8) is 0 Å². The van der Waals surface area contributed by atoms with Gasteiger partial charge in [-0.3, -0.25) is 0 Å². The van der Waals surface area contributed by atoms with Gasteiger partial charge in [-0.1, -0.05) is 45.2 Å². The molecule has 1 rings (SSSR count). The van der Waals surface area contributed by atoms with Gasteiger partial charge in [0.25, 0.3) is 0 Å². The molecule has 1 N–H and O–H groups in total. The minimum Gasteiger partial charge on any atom is -0.496 e. The first kappa shape index (κ1) is 16.0. The number of aryl methyl sites for hydroxylation is 1. The lowest BCUT2D eigenvalue weighted by atomic mass is 9.98. The highest BCUT2D eigenvalue weighted by atomic mass is 16.5. The molecule has 2 nitrogen and oxygen atoms in total. The highest BCUT2D eigenvalue weighted by Gasteiger charge is 2.11. The van der Waals surface area contributed by atoms with Crippen LogP contribution in [-0.2, 0) is 0 Å². The number of unbranched alkanes of at least 4 members (excludes halogenated alkanes) is 2. The molecule has 2 heteroatoms. The van der Waals surface area contributed by atoms with Gasteiger partial charge in [0.15, 0.2) is 0 Å². The van der Waals surface area contributed by atoms with Crippen LogP contribution in [0.2, 0.25) is 0 Å². The molecule has 0 saturated carbocycles. The zero-order valence-corrected chi connectivity index (χ0v) is 13.0. The van der Waals surface area contributed by atoms with Crippen molar-refractivity contribution in [1.29, 1.82) is 0 Å². The Hall–Kier alpha value is -1.02. The van der Waals surface area contributed by atoms with Gasteiger partial charge in [0, 0.05) is 6.04 Å². The summed E-state index contributed by atoms with van der Waals surface area (Å²) in [6.45, 7) is 7.68. The molecule has 0 amide bonds. The Bertz CT molecular complexity index is 362. The number of hydrogen-bond acceptors (Lipinski definition) is 2. The van der Waals surface area contributed by atoms with E-state index in [-0.39, 0.29) is 0 Å².